The molecule has 2 N–H and O–H groups in total. The lowest BCUT2D eigenvalue weighted by Gasteiger charge is -2.17. The standard InChI is InChI=1S/C23H29N3O5S/c1-4-17-5-9-20(10-6-17)26-14-18(13-22(26)27)23(28)24-19-7-11-21(12-8-19)32(29,30)25-16(2)15-31-3/h5-12,16,18,25H,4,13-15H2,1-3H3,(H,24,28). The first-order valence-electron chi connectivity index (χ1n) is 10.5. The lowest BCUT2D eigenvalue weighted by atomic mass is 10.1. The summed E-state index contributed by atoms with van der Waals surface area (Å²) in [6, 6.07) is 13.3. The van der Waals surface area contributed by atoms with Crippen molar-refractivity contribution in [2.75, 3.05) is 30.5 Å². The molecular formula is C23H29N3O5S. The number of aryl methyl sites for hydroxylation is 1. The van der Waals surface area contributed by atoms with Crippen LogP contribution in [0, 0.1) is 5.92 Å². The molecule has 1 saturated heterocycles. The van der Waals surface area contributed by atoms with Crippen molar-refractivity contribution in [3.05, 3.63) is 54.1 Å². The zero-order chi connectivity index (χ0) is 23.3. The summed E-state index contributed by atoms with van der Waals surface area (Å²) in [6.45, 7) is 4.34. The van der Waals surface area contributed by atoms with E-state index in [0.717, 1.165) is 12.1 Å². The summed E-state index contributed by atoms with van der Waals surface area (Å²) in [5.41, 5.74) is 2.44. The SMILES string of the molecule is CCc1ccc(N2CC(C(=O)Nc3ccc(S(=O)(=O)NC(C)COC)cc3)CC2=O)cc1. The Labute approximate surface area is 189 Å². The average molecular weight is 460 g/mol. The van der Waals surface area contributed by atoms with E-state index in [1.54, 1.807) is 11.8 Å². The minimum atomic E-state index is -3.69. The highest BCUT2D eigenvalue weighted by atomic mass is 32.2. The Morgan fingerprint density at radius 2 is 1.81 bits per heavy atom. The van der Waals surface area contributed by atoms with Crippen molar-refractivity contribution < 1.29 is 22.7 Å². The van der Waals surface area contributed by atoms with Crippen LogP contribution in [-0.2, 0) is 30.8 Å². The van der Waals surface area contributed by atoms with Crippen LogP contribution in [0.5, 0.6) is 0 Å². The number of nitrogens with one attached hydrogen (secondary N) is 2. The number of rotatable bonds is 9. The van der Waals surface area contributed by atoms with Crippen molar-refractivity contribution in [2.24, 2.45) is 5.92 Å². The highest BCUT2D eigenvalue weighted by Gasteiger charge is 2.35. The number of carbonyl (C=O) groups is 2. The predicted octanol–water partition coefficient (Wildman–Crippen LogP) is 2.55. The predicted molar refractivity (Wildman–Crippen MR) is 123 cm³/mol. The smallest absolute Gasteiger partial charge is 0.240 e. The molecule has 0 spiro atoms. The number of ether oxygens (including phenoxy) is 1. The first-order chi connectivity index (χ1) is 15.2. The summed E-state index contributed by atoms with van der Waals surface area (Å²) < 4.78 is 32.3. The zero-order valence-corrected chi connectivity index (χ0v) is 19.3. The van der Waals surface area contributed by atoms with Gasteiger partial charge >= 0.3 is 0 Å². The fraction of sp³-hybridized carbons (Fsp3) is 0.391. The molecule has 9 heteroatoms. The average Bonchev–Trinajstić information content (AvgIpc) is 3.16. The maximum Gasteiger partial charge on any atom is 0.240 e. The Hall–Kier alpha value is -2.75. The first kappa shape index (κ1) is 23.9. The van der Waals surface area contributed by atoms with Gasteiger partial charge in [0, 0.05) is 37.5 Å². The molecule has 1 fully saturated rings. The zero-order valence-electron chi connectivity index (χ0n) is 18.5. The van der Waals surface area contributed by atoms with Gasteiger partial charge in [-0.15, -0.1) is 0 Å². The van der Waals surface area contributed by atoms with Crippen LogP contribution in [0.25, 0.3) is 0 Å². The highest BCUT2D eigenvalue weighted by molar-refractivity contribution is 7.89. The van der Waals surface area contributed by atoms with Crippen LogP contribution >= 0.6 is 0 Å². The monoisotopic (exact) mass is 459 g/mol. The van der Waals surface area contributed by atoms with Crippen molar-refractivity contribution in [3.8, 4) is 0 Å². The number of carbonyl (C=O) groups excluding carboxylic acids is 2. The van der Waals surface area contributed by atoms with Gasteiger partial charge in [-0.25, -0.2) is 13.1 Å². The van der Waals surface area contributed by atoms with Gasteiger partial charge in [0.2, 0.25) is 21.8 Å². The van der Waals surface area contributed by atoms with Crippen molar-refractivity contribution in [1.29, 1.82) is 0 Å². The Kier molecular flexibility index (Phi) is 7.65. The number of anilines is 2. The third-order valence-corrected chi connectivity index (χ3v) is 6.96. The molecule has 2 aromatic rings. The number of amides is 2. The van der Waals surface area contributed by atoms with E-state index in [4.69, 9.17) is 4.74 Å². The molecule has 0 aromatic heterocycles. The Morgan fingerprint density at radius 3 is 2.41 bits per heavy atom. The topological polar surface area (TPSA) is 105 Å². The van der Waals surface area contributed by atoms with Gasteiger partial charge in [0.25, 0.3) is 0 Å². The fourth-order valence-corrected chi connectivity index (χ4v) is 4.85. The van der Waals surface area contributed by atoms with Crippen molar-refractivity contribution in [3.63, 3.8) is 0 Å². The van der Waals surface area contributed by atoms with E-state index in [2.05, 4.69) is 17.0 Å². The Morgan fingerprint density at radius 1 is 1.16 bits per heavy atom. The number of hydrogen-bond donors (Lipinski definition) is 2. The third-order valence-electron chi connectivity index (χ3n) is 5.36. The second kappa shape index (κ2) is 10.2. The van der Waals surface area contributed by atoms with Gasteiger partial charge in [0.05, 0.1) is 17.4 Å². The highest BCUT2D eigenvalue weighted by Crippen LogP contribution is 2.26. The Balaban J connectivity index is 1.61. The second-order valence-corrected chi connectivity index (χ2v) is 9.63. The van der Waals surface area contributed by atoms with Crippen LogP contribution in [-0.4, -0.2) is 46.5 Å². The van der Waals surface area contributed by atoms with Gasteiger partial charge in [-0.1, -0.05) is 19.1 Å². The van der Waals surface area contributed by atoms with Crippen LogP contribution in [0.4, 0.5) is 11.4 Å². The molecule has 1 heterocycles. The van der Waals surface area contributed by atoms with E-state index < -0.39 is 15.9 Å². The van der Waals surface area contributed by atoms with Gasteiger partial charge in [-0.05, 0) is 55.3 Å². The molecule has 32 heavy (non-hydrogen) atoms. The van der Waals surface area contributed by atoms with Gasteiger partial charge in [0.15, 0.2) is 0 Å². The van der Waals surface area contributed by atoms with Crippen LogP contribution < -0.4 is 14.9 Å². The molecule has 2 amide bonds. The normalized spacial score (nSPS) is 17.4. The molecule has 1 aliphatic rings. The van der Waals surface area contributed by atoms with E-state index in [9.17, 15) is 18.0 Å². The van der Waals surface area contributed by atoms with Crippen molar-refractivity contribution >= 4 is 33.2 Å². The van der Waals surface area contributed by atoms with Crippen LogP contribution in [0.1, 0.15) is 25.8 Å². The van der Waals surface area contributed by atoms with E-state index in [1.807, 2.05) is 24.3 Å². The summed E-state index contributed by atoms with van der Waals surface area (Å²) in [4.78, 5) is 26.9. The molecule has 2 unspecified atom stereocenters. The molecule has 0 aliphatic carbocycles. The van der Waals surface area contributed by atoms with E-state index in [-0.39, 0.29) is 35.8 Å². The fourth-order valence-electron chi connectivity index (χ4n) is 3.62. The molecule has 3 rings (SSSR count). The van der Waals surface area contributed by atoms with Gasteiger partial charge in [0.1, 0.15) is 0 Å². The second-order valence-electron chi connectivity index (χ2n) is 7.92. The van der Waals surface area contributed by atoms with Gasteiger partial charge in [-0.2, -0.15) is 0 Å². The van der Waals surface area contributed by atoms with Crippen LogP contribution in [0.3, 0.4) is 0 Å². The van der Waals surface area contributed by atoms with E-state index in [0.29, 0.717) is 12.2 Å². The minimum absolute atomic E-state index is 0.0907. The van der Waals surface area contributed by atoms with Gasteiger partial charge < -0.3 is 15.0 Å². The molecule has 0 saturated carbocycles. The van der Waals surface area contributed by atoms with Crippen LogP contribution in [0.2, 0.25) is 0 Å². The van der Waals surface area contributed by atoms with Crippen LogP contribution in [0.15, 0.2) is 53.4 Å². The number of hydrogen-bond acceptors (Lipinski definition) is 5. The maximum atomic E-state index is 12.7. The molecule has 172 valence electrons. The van der Waals surface area contributed by atoms with Crippen molar-refractivity contribution in [2.45, 2.75) is 37.6 Å². The first-order valence-corrected chi connectivity index (χ1v) is 12.0. The summed E-state index contributed by atoms with van der Waals surface area (Å²) in [6.07, 6.45) is 1.05. The maximum absolute atomic E-state index is 12.7. The molecule has 8 nitrogen and oxygen atoms in total. The molecule has 2 atom stereocenters. The van der Waals surface area contributed by atoms with Gasteiger partial charge in [-0.3, -0.25) is 9.59 Å². The lowest BCUT2D eigenvalue weighted by molar-refractivity contribution is -0.122. The molecule has 2 aromatic carbocycles. The molecule has 0 radical (unpaired) electrons. The number of nitrogens with zero attached hydrogens (tertiary/aromatic N) is 1. The summed E-state index contributed by atoms with van der Waals surface area (Å²) in [5.74, 6) is -0.839. The lowest BCUT2D eigenvalue weighted by Crippen LogP contribution is -2.35. The third kappa shape index (κ3) is 5.73. The number of methoxy groups -OCH3 is 1. The summed E-state index contributed by atoms with van der Waals surface area (Å²) in [5, 5.41) is 2.78. The summed E-state index contributed by atoms with van der Waals surface area (Å²) >= 11 is 0. The number of sulfonamides is 1. The quantitative estimate of drug-likeness (QED) is 0.600. The molecule has 1 aliphatic heterocycles. The largest absolute Gasteiger partial charge is 0.383 e. The Bertz CT molecular complexity index is 1050. The van der Waals surface area contributed by atoms with Crippen molar-refractivity contribution in [1.82, 2.24) is 4.72 Å². The van der Waals surface area contributed by atoms with E-state index in [1.165, 1.54) is 36.9 Å². The van der Waals surface area contributed by atoms with E-state index >= 15 is 0 Å². The molecular weight excluding hydrogens is 430 g/mol. The number of benzene rings is 2. The molecule has 0 bridgehead atoms. The summed E-state index contributed by atoms with van der Waals surface area (Å²) in [7, 11) is -2.19. The minimum Gasteiger partial charge on any atom is -0.383 e.